The van der Waals surface area contributed by atoms with Crippen LogP contribution >= 0.6 is 0 Å². The lowest BCUT2D eigenvalue weighted by Gasteiger charge is -2.42. The van der Waals surface area contributed by atoms with E-state index in [1.807, 2.05) is 6.07 Å². The quantitative estimate of drug-likeness (QED) is 0.418. The van der Waals surface area contributed by atoms with Gasteiger partial charge in [-0.1, -0.05) is 32.0 Å². The first-order chi connectivity index (χ1) is 15.7. The van der Waals surface area contributed by atoms with Crippen LogP contribution < -0.4 is 5.73 Å². The minimum atomic E-state index is -0.778. The summed E-state index contributed by atoms with van der Waals surface area (Å²) in [6, 6.07) is 11.7. The number of pyridine rings is 1. The minimum Gasteiger partial charge on any atom is -0.383 e. The molecule has 0 amide bonds. The molecule has 0 aliphatic heterocycles. The third-order valence-corrected chi connectivity index (χ3v) is 6.25. The summed E-state index contributed by atoms with van der Waals surface area (Å²) in [5.41, 5.74) is 6.06. The third kappa shape index (κ3) is 3.32. The number of benzene rings is 2. The maximum absolute atomic E-state index is 15.7. The van der Waals surface area contributed by atoms with Crippen LogP contribution in [-0.4, -0.2) is 14.8 Å². The first kappa shape index (κ1) is 21.0. The fourth-order valence-electron chi connectivity index (χ4n) is 4.62. The number of nitriles is 1. The largest absolute Gasteiger partial charge is 0.383 e. The summed E-state index contributed by atoms with van der Waals surface area (Å²) in [4.78, 5) is 4.12. The number of hydrogen-bond donors (Lipinski definition) is 1. The standard InChI is InChI=1S/C25H20F3N5/c1-25(2)10-14(11-25)33-24(30)17(12-29)22(32-33)16-8-7-13-9-19(27)23(31-21(13)20(16)28)15-5-3-4-6-18(15)26/h3-9,14H,10-11,30H2,1-2H3. The molecule has 1 fully saturated rings. The predicted molar refractivity (Wildman–Crippen MR) is 119 cm³/mol. The number of nitrogen functional groups attached to an aromatic ring is 1. The fourth-order valence-corrected chi connectivity index (χ4v) is 4.62. The Morgan fingerprint density at radius 3 is 2.42 bits per heavy atom. The summed E-state index contributed by atoms with van der Waals surface area (Å²) < 4.78 is 46.2. The van der Waals surface area contributed by atoms with Crippen molar-refractivity contribution >= 4 is 16.7 Å². The number of hydrogen-bond acceptors (Lipinski definition) is 4. The van der Waals surface area contributed by atoms with Gasteiger partial charge in [0.2, 0.25) is 0 Å². The van der Waals surface area contributed by atoms with Crippen LogP contribution in [0.5, 0.6) is 0 Å². The van der Waals surface area contributed by atoms with Crippen LogP contribution in [0, 0.1) is 34.2 Å². The Kier molecular flexibility index (Phi) is 4.67. The lowest BCUT2D eigenvalue weighted by molar-refractivity contribution is 0.0967. The van der Waals surface area contributed by atoms with Gasteiger partial charge in [0.05, 0.1) is 6.04 Å². The van der Waals surface area contributed by atoms with Crippen molar-refractivity contribution in [3.63, 3.8) is 0 Å². The molecule has 2 N–H and O–H groups in total. The second kappa shape index (κ2) is 7.34. The molecule has 2 aromatic carbocycles. The number of nitrogens with zero attached hydrogens (tertiary/aromatic N) is 4. The van der Waals surface area contributed by atoms with Crippen LogP contribution in [-0.2, 0) is 0 Å². The van der Waals surface area contributed by atoms with Crippen molar-refractivity contribution < 1.29 is 13.2 Å². The molecule has 0 radical (unpaired) electrons. The highest BCUT2D eigenvalue weighted by Crippen LogP contribution is 2.49. The van der Waals surface area contributed by atoms with Gasteiger partial charge in [-0.2, -0.15) is 10.4 Å². The summed E-state index contributed by atoms with van der Waals surface area (Å²) in [6.07, 6.45) is 1.69. The molecule has 1 aliphatic carbocycles. The van der Waals surface area contributed by atoms with Crippen molar-refractivity contribution in [2.24, 2.45) is 5.41 Å². The van der Waals surface area contributed by atoms with E-state index in [4.69, 9.17) is 5.73 Å². The summed E-state index contributed by atoms with van der Waals surface area (Å²) in [6.45, 7) is 4.27. The van der Waals surface area contributed by atoms with E-state index in [0.29, 0.717) is 0 Å². The van der Waals surface area contributed by atoms with Crippen LogP contribution in [0.25, 0.3) is 33.4 Å². The topological polar surface area (TPSA) is 80.5 Å². The zero-order valence-corrected chi connectivity index (χ0v) is 18.0. The molecule has 4 aromatic rings. The van der Waals surface area contributed by atoms with E-state index >= 15 is 4.39 Å². The van der Waals surface area contributed by atoms with Crippen molar-refractivity contribution in [1.82, 2.24) is 14.8 Å². The van der Waals surface area contributed by atoms with E-state index < -0.39 is 17.5 Å². The SMILES string of the molecule is CC1(C)CC(n2nc(-c3ccc4cc(F)c(-c5ccccc5F)nc4c3F)c(C#N)c2N)C1. The third-order valence-electron chi connectivity index (χ3n) is 6.25. The highest BCUT2D eigenvalue weighted by atomic mass is 19.1. The van der Waals surface area contributed by atoms with Crippen LogP contribution in [0.15, 0.2) is 42.5 Å². The molecule has 166 valence electrons. The van der Waals surface area contributed by atoms with Gasteiger partial charge < -0.3 is 5.73 Å². The Bertz CT molecular complexity index is 1460. The Balaban J connectivity index is 1.67. The van der Waals surface area contributed by atoms with Gasteiger partial charge in [-0.25, -0.2) is 22.8 Å². The van der Waals surface area contributed by atoms with Crippen molar-refractivity contribution in [3.05, 3.63) is 65.5 Å². The van der Waals surface area contributed by atoms with Gasteiger partial charge in [-0.05, 0) is 42.5 Å². The van der Waals surface area contributed by atoms with Gasteiger partial charge in [-0.3, -0.25) is 0 Å². The van der Waals surface area contributed by atoms with Crippen molar-refractivity contribution in [1.29, 1.82) is 5.26 Å². The second-order valence-corrected chi connectivity index (χ2v) is 9.19. The molecule has 1 saturated carbocycles. The van der Waals surface area contributed by atoms with Crippen LogP contribution in [0.1, 0.15) is 38.3 Å². The zero-order valence-electron chi connectivity index (χ0n) is 18.0. The van der Waals surface area contributed by atoms with E-state index in [-0.39, 0.29) is 56.3 Å². The molecule has 0 spiro atoms. The molecule has 33 heavy (non-hydrogen) atoms. The average Bonchev–Trinajstić information content (AvgIpc) is 3.08. The zero-order chi connectivity index (χ0) is 23.5. The van der Waals surface area contributed by atoms with E-state index in [2.05, 4.69) is 23.9 Å². The molecule has 0 bridgehead atoms. The molecule has 2 heterocycles. The number of halogens is 3. The Morgan fingerprint density at radius 2 is 1.76 bits per heavy atom. The number of rotatable bonds is 3. The van der Waals surface area contributed by atoms with Crippen LogP contribution in [0.2, 0.25) is 0 Å². The number of fused-ring (bicyclic) bond motifs is 1. The summed E-state index contributed by atoms with van der Waals surface area (Å²) in [5, 5.41) is 14.4. The van der Waals surface area contributed by atoms with Gasteiger partial charge in [0.25, 0.3) is 0 Å². The maximum Gasteiger partial charge on any atom is 0.158 e. The van der Waals surface area contributed by atoms with Gasteiger partial charge in [-0.15, -0.1) is 0 Å². The Labute approximate surface area is 188 Å². The maximum atomic E-state index is 15.7. The number of anilines is 1. The van der Waals surface area contributed by atoms with Gasteiger partial charge in [0.1, 0.15) is 46.0 Å². The molecule has 8 heteroatoms. The van der Waals surface area contributed by atoms with E-state index in [9.17, 15) is 14.0 Å². The van der Waals surface area contributed by atoms with Crippen molar-refractivity contribution in [2.45, 2.75) is 32.7 Å². The predicted octanol–water partition coefficient (Wildman–Crippen LogP) is 6.00. The Hall–Kier alpha value is -3.86. The fraction of sp³-hybridized carbons (Fsp3) is 0.240. The molecule has 0 saturated heterocycles. The van der Waals surface area contributed by atoms with E-state index in [1.165, 1.54) is 30.3 Å². The monoisotopic (exact) mass is 447 g/mol. The van der Waals surface area contributed by atoms with E-state index in [1.54, 1.807) is 10.7 Å². The van der Waals surface area contributed by atoms with Gasteiger partial charge >= 0.3 is 0 Å². The highest BCUT2D eigenvalue weighted by molar-refractivity contribution is 5.88. The van der Waals surface area contributed by atoms with Gasteiger partial charge in [0.15, 0.2) is 5.82 Å². The van der Waals surface area contributed by atoms with Crippen molar-refractivity contribution in [2.75, 3.05) is 5.73 Å². The lowest BCUT2D eigenvalue weighted by atomic mass is 9.68. The number of aromatic nitrogens is 3. The normalized spacial score (nSPS) is 15.4. The summed E-state index contributed by atoms with van der Waals surface area (Å²) in [7, 11) is 0. The van der Waals surface area contributed by atoms with Gasteiger partial charge in [0, 0.05) is 16.5 Å². The van der Waals surface area contributed by atoms with E-state index in [0.717, 1.165) is 18.9 Å². The molecule has 5 rings (SSSR count). The molecule has 0 unspecified atom stereocenters. The first-order valence-electron chi connectivity index (χ1n) is 10.5. The Morgan fingerprint density at radius 1 is 1.03 bits per heavy atom. The number of nitrogens with two attached hydrogens (primary N) is 1. The summed E-state index contributed by atoms with van der Waals surface area (Å²) >= 11 is 0. The smallest absolute Gasteiger partial charge is 0.158 e. The molecule has 0 atom stereocenters. The molecule has 1 aliphatic rings. The molecule has 5 nitrogen and oxygen atoms in total. The average molecular weight is 447 g/mol. The van der Waals surface area contributed by atoms with Crippen LogP contribution in [0.3, 0.4) is 0 Å². The van der Waals surface area contributed by atoms with Crippen molar-refractivity contribution in [3.8, 4) is 28.6 Å². The first-order valence-corrected chi connectivity index (χ1v) is 10.5. The van der Waals surface area contributed by atoms with Crippen LogP contribution in [0.4, 0.5) is 19.0 Å². The molecular weight excluding hydrogens is 427 g/mol. The highest BCUT2D eigenvalue weighted by Gasteiger charge is 2.39. The summed E-state index contributed by atoms with van der Waals surface area (Å²) in [5.74, 6) is -2.02. The molecule has 2 aromatic heterocycles. The second-order valence-electron chi connectivity index (χ2n) is 9.19. The minimum absolute atomic E-state index is 0.0293. The molecular formula is C25H20F3N5. The lowest BCUT2D eigenvalue weighted by Crippen LogP contribution is -2.34.